The van der Waals surface area contributed by atoms with Crippen molar-refractivity contribution in [3.8, 4) is 5.69 Å². The maximum atomic E-state index is 14.2. The van der Waals surface area contributed by atoms with Crippen LogP contribution in [0.1, 0.15) is 69.6 Å². The summed E-state index contributed by atoms with van der Waals surface area (Å²) in [5.74, 6) is -9.38. The van der Waals surface area contributed by atoms with E-state index in [4.69, 9.17) is 10.2 Å². The number of aryl methyl sites for hydroxylation is 1. The van der Waals surface area contributed by atoms with Crippen LogP contribution in [0.5, 0.6) is 0 Å². The fourth-order valence-corrected chi connectivity index (χ4v) is 8.86. The summed E-state index contributed by atoms with van der Waals surface area (Å²) < 4.78 is 14.4. The van der Waals surface area contributed by atoms with Crippen LogP contribution >= 0.6 is 0 Å². The fourth-order valence-electron chi connectivity index (χ4n) is 8.86. The second-order valence-corrected chi connectivity index (χ2v) is 19.6. The van der Waals surface area contributed by atoms with Gasteiger partial charge in [0.2, 0.25) is 0 Å². The molecule has 0 unspecified atom stereocenters. The lowest BCUT2D eigenvalue weighted by Gasteiger charge is -2.35. The zero-order chi connectivity index (χ0) is 61.9. The molecule has 454 valence electrons. The van der Waals surface area contributed by atoms with Gasteiger partial charge in [0.05, 0.1) is 24.3 Å². The number of hydrogen-bond donors (Lipinski definition) is 12. The lowest BCUT2D eigenvalue weighted by Crippen LogP contribution is -2.52. The highest BCUT2D eigenvalue weighted by Gasteiger charge is 2.31. The third-order valence-corrected chi connectivity index (χ3v) is 13.5. The third-order valence-electron chi connectivity index (χ3n) is 13.5. The molecule has 2 fully saturated rings. The summed E-state index contributed by atoms with van der Waals surface area (Å²) in [5.41, 5.74) is 2.52. The number of carbonyl (C=O) groups is 12. The largest absolute Gasteiger partial charge is 0.481 e. The van der Waals surface area contributed by atoms with Crippen LogP contribution in [0.2, 0.25) is 0 Å². The number of piperazine rings is 2. The zero-order valence-corrected chi connectivity index (χ0v) is 45.3. The zero-order valence-electron chi connectivity index (χ0n) is 45.3. The first-order chi connectivity index (χ1) is 40.5. The van der Waals surface area contributed by atoms with E-state index in [1.807, 2.05) is 0 Å². The van der Waals surface area contributed by atoms with Gasteiger partial charge in [0.1, 0.15) is 24.2 Å². The van der Waals surface area contributed by atoms with Gasteiger partial charge in [0.15, 0.2) is 0 Å². The summed E-state index contributed by atoms with van der Waals surface area (Å²) in [6.07, 6.45) is -0.410. The van der Waals surface area contributed by atoms with Gasteiger partial charge in [-0.2, -0.15) is 0 Å². The number of hydrogen-bond acceptors (Lipinski definition) is 14. The third kappa shape index (κ3) is 19.1. The van der Waals surface area contributed by atoms with E-state index in [1.165, 1.54) is 91.0 Å². The van der Waals surface area contributed by atoms with Gasteiger partial charge in [-0.25, -0.2) is 43.0 Å². The number of aromatic nitrogens is 3. The van der Waals surface area contributed by atoms with Crippen LogP contribution in [-0.4, -0.2) is 220 Å². The number of carboxylic acid groups (broad SMARTS) is 6. The molecular formula is C53H62FN13O18. The van der Waals surface area contributed by atoms with E-state index in [2.05, 4.69) is 42.2 Å². The number of nitrogens with zero attached hydrogens (tertiary/aromatic N) is 7. The Morgan fingerprint density at radius 2 is 0.859 bits per heavy atom. The Morgan fingerprint density at radius 1 is 0.494 bits per heavy atom. The number of halogens is 1. The first-order valence-electron chi connectivity index (χ1n) is 26.5. The number of carbonyl (C=O) groups excluding carboxylic acids is 6. The highest BCUT2D eigenvalue weighted by atomic mass is 19.1. The number of aliphatic carboxylic acids is 6. The van der Waals surface area contributed by atoms with E-state index in [9.17, 15) is 82.4 Å². The maximum absolute atomic E-state index is 14.2. The minimum absolute atomic E-state index is 0.0913. The number of rotatable bonds is 26. The molecule has 10 amide bonds. The van der Waals surface area contributed by atoms with Crippen molar-refractivity contribution < 1.29 is 92.6 Å². The summed E-state index contributed by atoms with van der Waals surface area (Å²) in [5, 5.41) is 78.1. The Balaban J connectivity index is 1.03. The Morgan fingerprint density at radius 3 is 1.21 bits per heavy atom. The molecule has 32 heteroatoms. The number of nitrogens with one attached hydrogen (secondary N) is 6. The van der Waals surface area contributed by atoms with Crippen molar-refractivity contribution in [2.45, 2.75) is 75.5 Å². The first-order valence-corrected chi connectivity index (χ1v) is 26.5. The molecule has 0 aliphatic carbocycles. The molecular weight excluding hydrogens is 1130 g/mol. The number of amides is 10. The predicted molar refractivity (Wildman–Crippen MR) is 292 cm³/mol. The molecule has 3 aromatic carbocycles. The molecule has 4 atom stereocenters. The molecule has 0 radical (unpaired) electrons. The molecule has 0 spiro atoms. The van der Waals surface area contributed by atoms with E-state index >= 15 is 0 Å². The summed E-state index contributed by atoms with van der Waals surface area (Å²) in [6.45, 7) is 0.192. The van der Waals surface area contributed by atoms with E-state index in [0.717, 1.165) is 0 Å². The molecule has 2 aliphatic rings. The van der Waals surface area contributed by atoms with E-state index in [1.54, 1.807) is 6.20 Å². The molecule has 1 aromatic heterocycles. The van der Waals surface area contributed by atoms with Crippen LogP contribution in [0.25, 0.3) is 5.69 Å². The van der Waals surface area contributed by atoms with Crippen molar-refractivity contribution in [2.24, 2.45) is 0 Å². The molecule has 12 N–H and O–H groups in total. The van der Waals surface area contributed by atoms with Crippen molar-refractivity contribution in [2.75, 3.05) is 69.7 Å². The number of benzene rings is 3. The van der Waals surface area contributed by atoms with E-state index in [-0.39, 0.29) is 89.2 Å². The molecule has 6 rings (SSSR count). The van der Waals surface area contributed by atoms with Crippen LogP contribution in [-0.2, 0) is 48.0 Å². The highest BCUT2D eigenvalue weighted by Crippen LogP contribution is 2.22. The van der Waals surface area contributed by atoms with Crippen molar-refractivity contribution >= 4 is 83.1 Å². The Bertz CT molecular complexity index is 2950. The summed E-state index contributed by atoms with van der Waals surface area (Å²) in [4.78, 5) is 155. The molecule has 0 bridgehead atoms. The van der Waals surface area contributed by atoms with Crippen LogP contribution in [0.15, 0.2) is 72.9 Å². The van der Waals surface area contributed by atoms with Gasteiger partial charge in [0, 0.05) is 101 Å². The molecule has 2 aliphatic heterocycles. The topological polar surface area (TPSA) is 442 Å². The van der Waals surface area contributed by atoms with Crippen LogP contribution in [0.4, 0.5) is 34.9 Å². The van der Waals surface area contributed by atoms with Crippen molar-refractivity contribution in [3.63, 3.8) is 0 Å². The van der Waals surface area contributed by atoms with E-state index in [0.29, 0.717) is 33.9 Å². The average molecular weight is 1190 g/mol. The van der Waals surface area contributed by atoms with Gasteiger partial charge < -0.3 is 82.1 Å². The molecule has 4 aromatic rings. The minimum Gasteiger partial charge on any atom is -0.481 e. The van der Waals surface area contributed by atoms with Crippen molar-refractivity contribution in [1.82, 2.24) is 55.9 Å². The van der Waals surface area contributed by atoms with Crippen molar-refractivity contribution in [3.05, 3.63) is 101 Å². The second kappa shape index (κ2) is 30.0. The van der Waals surface area contributed by atoms with Crippen molar-refractivity contribution in [1.29, 1.82) is 0 Å². The molecule has 85 heavy (non-hydrogen) atoms. The van der Waals surface area contributed by atoms with Gasteiger partial charge >= 0.3 is 59.9 Å². The van der Waals surface area contributed by atoms with Crippen LogP contribution in [0, 0.1) is 0 Å². The summed E-state index contributed by atoms with van der Waals surface area (Å²) in [7, 11) is 0. The maximum Gasteiger partial charge on any atom is 0.326 e. The SMILES string of the molecule is O=C(O)CC[C@H](NC(=O)N[C@@H](Cc1ccc(NC(=O)N2CCN(C(=O)c3cc(C(=O)N4CCN(C(=O)Nc5ccc(C[C@H](NC(=O)N[C@@H](CCC(=O)O)C(=O)O)C(=O)O)cc5)CC4)cc(-n4cc(CCCF)nn4)c3)CC2)cc1)C(=O)O)C(=O)O. The molecule has 3 heterocycles. The normalized spacial score (nSPS) is 14.6. The molecule has 2 saturated heterocycles. The first kappa shape index (κ1) is 63.7. The van der Waals surface area contributed by atoms with E-state index < -0.39 is 128 Å². The quantitative estimate of drug-likeness (QED) is 0.0422. The number of alkyl halides is 1. The fraction of sp³-hybridized carbons (Fsp3) is 0.396. The second-order valence-electron chi connectivity index (χ2n) is 19.6. The number of carboxylic acids is 6. The van der Waals surface area contributed by atoms with Gasteiger partial charge in [-0.15, -0.1) is 5.10 Å². The number of anilines is 2. The monoisotopic (exact) mass is 1190 g/mol. The molecule has 31 nitrogen and oxygen atoms in total. The lowest BCUT2D eigenvalue weighted by molar-refractivity contribution is -0.142. The summed E-state index contributed by atoms with van der Waals surface area (Å²) in [6, 6.07) is 7.08. The Labute approximate surface area is 482 Å². The predicted octanol–water partition coefficient (Wildman–Crippen LogP) is 1.38. The van der Waals surface area contributed by atoms with Crippen LogP contribution in [0.3, 0.4) is 0 Å². The van der Waals surface area contributed by atoms with Gasteiger partial charge in [0.25, 0.3) is 11.8 Å². The molecule has 0 saturated carbocycles. The van der Waals surface area contributed by atoms with Gasteiger partial charge in [-0.3, -0.25) is 23.6 Å². The number of urea groups is 4. The van der Waals surface area contributed by atoms with Crippen LogP contribution < -0.4 is 31.9 Å². The summed E-state index contributed by atoms with van der Waals surface area (Å²) >= 11 is 0. The highest BCUT2D eigenvalue weighted by molar-refractivity contribution is 6.01. The average Bonchev–Trinajstić information content (AvgIpc) is 4.12. The lowest BCUT2D eigenvalue weighted by atomic mass is 10.1. The Hall–Kier alpha value is -10.4. The standard InChI is InChI=1S/C53H62FN13O18/c54-15-1-2-36-29-67(62-61-36)37-27-32(44(72)63-16-20-65(21-17-63)52(84)55-34-7-3-30(4-8-34)24-40(48(78)79)59-50(82)57-38(46(74)75)11-13-42(68)69)26-33(28-37)45(73)64-18-22-66(23-19-64)53(85)56-35-9-5-31(6-10-35)25-41(49(80)81)60-51(83)58-39(47(76)77)12-14-43(70)71/h3-10,26-29,38-41H,1-2,11-25H2,(H,55,84)(H,56,85)(H,68,69)(H,70,71)(H,74,75)(H,76,77)(H,78,79)(H,80,81)(H2,57,59,82)(H2,58,60,83)/t38-,39-,40-,41-/m0/s1. The van der Waals surface area contributed by atoms with Gasteiger partial charge in [-0.05, 0) is 79.3 Å². The Kier molecular flexibility index (Phi) is 22.5. The van der Waals surface area contributed by atoms with Gasteiger partial charge in [-0.1, -0.05) is 29.5 Å². The minimum atomic E-state index is -1.58. The smallest absolute Gasteiger partial charge is 0.326 e.